The molecule has 0 radical (unpaired) electrons. The van der Waals surface area contributed by atoms with Crippen molar-refractivity contribution in [2.75, 3.05) is 13.2 Å². The zero-order valence-electron chi connectivity index (χ0n) is 20.4. The number of carbonyl (C=O) groups excluding carboxylic acids is 1. The Kier molecular flexibility index (Phi) is 6.68. The molecule has 3 heterocycles. The van der Waals surface area contributed by atoms with Crippen LogP contribution in [0.5, 0.6) is 5.75 Å². The van der Waals surface area contributed by atoms with Crippen LogP contribution in [0.2, 0.25) is 0 Å². The van der Waals surface area contributed by atoms with Gasteiger partial charge in [0, 0.05) is 29.2 Å². The molecule has 4 rings (SSSR count). The Hall–Kier alpha value is -2.57. The molecule has 3 aromatic rings. The Morgan fingerprint density at radius 2 is 2.06 bits per heavy atom. The van der Waals surface area contributed by atoms with Crippen molar-refractivity contribution >= 4 is 17.3 Å². The summed E-state index contributed by atoms with van der Waals surface area (Å²) in [5.41, 5.74) is 4.79. The van der Waals surface area contributed by atoms with Crippen LogP contribution < -0.4 is 4.74 Å². The first-order valence-corrected chi connectivity index (χ1v) is 12.4. The lowest BCUT2D eigenvalue weighted by Gasteiger charge is -2.27. The highest BCUT2D eigenvalue weighted by Gasteiger charge is 2.35. The fourth-order valence-corrected chi connectivity index (χ4v) is 5.62. The smallest absolute Gasteiger partial charge is 0.340 e. The first-order chi connectivity index (χ1) is 15.7. The molecule has 0 aliphatic carbocycles. The van der Waals surface area contributed by atoms with E-state index < -0.39 is 11.7 Å². The van der Waals surface area contributed by atoms with Crippen LogP contribution in [-0.4, -0.2) is 29.4 Å². The number of nitrogens with zero attached hydrogens (tertiary/aromatic N) is 1. The van der Waals surface area contributed by atoms with E-state index in [0.29, 0.717) is 6.61 Å². The van der Waals surface area contributed by atoms with Gasteiger partial charge < -0.3 is 18.8 Å². The molecule has 5 nitrogen and oxygen atoms in total. The largest absolute Gasteiger partial charge is 0.493 e. The molecule has 176 valence electrons. The van der Waals surface area contributed by atoms with Crippen LogP contribution in [0.1, 0.15) is 56.2 Å². The molecule has 33 heavy (non-hydrogen) atoms. The number of carbonyl (C=O) groups is 1. The summed E-state index contributed by atoms with van der Waals surface area (Å²) >= 11 is 1.70. The number of ether oxygens (including phenoxy) is 3. The molecule has 6 heteroatoms. The second-order valence-corrected chi connectivity index (χ2v) is 10.6. The molecule has 2 aromatic heterocycles. The maximum absolute atomic E-state index is 13.2. The second kappa shape index (κ2) is 9.35. The molecule has 1 unspecified atom stereocenters. The zero-order chi connectivity index (χ0) is 23.8. The lowest BCUT2D eigenvalue weighted by Crippen LogP contribution is -2.29. The Labute approximate surface area is 200 Å². The lowest BCUT2D eigenvalue weighted by molar-refractivity contribution is -0.166. The first-order valence-electron chi connectivity index (χ1n) is 11.5. The summed E-state index contributed by atoms with van der Waals surface area (Å²) in [4.78, 5) is 15.4. The maximum Gasteiger partial charge on any atom is 0.340 e. The van der Waals surface area contributed by atoms with Gasteiger partial charge in [0.1, 0.15) is 5.75 Å². The topological polar surface area (TPSA) is 49.7 Å². The summed E-state index contributed by atoms with van der Waals surface area (Å²) in [7, 11) is 2.04. The van der Waals surface area contributed by atoms with E-state index >= 15 is 0 Å². The van der Waals surface area contributed by atoms with Gasteiger partial charge in [-0.25, -0.2) is 4.79 Å². The molecule has 0 saturated carbocycles. The minimum atomic E-state index is -0.808. The molecule has 0 amide bonds. The molecule has 0 N–H and O–H groups in total. The van der Waals surface area contributed by atoms with Crippen LogP contribution in [0.25, 0.3) is 21.7 Å². The van der Waals surface area contributed by atoms with Crippen LogP contribution >= 0.6 is 11.3 Å². The van der Waals surface area contributed by atoms with E-state index in [-0.39, 0.29) is 5.97 Å². The molecule has 0 saturated heterocycles. The normalized spacial score (nSPS) is 14.5. The predicted molar refractivity (Wildman–Crippen MR) is 133 cm³/mol. The third-order valence-corrected chi connectivity index (χ3v) is 6.88. The minimum absolute atomic E-state index is 0.308. The summed E-state index contributed by atoms with van der Waals surface area (Å²) in [5, 5.41) is 0. The SMILES string of the molecule is CCOC(=O)C(OC(C)(C)C)c1c(C)sc(-c2cccn2C)c1-c1ccc2c(c1)CCCO2. The summed E-state index contributed by atoms with van der Waals surface area (Å²) < 4.78 is 19.8. The Morgan fingerprint density at radius 1 is 1.27 bits per heavy atom. The summed E-state index contributed by atoms with van der Waals surface area (Å²) in [6, 6.07) is 10.5. The van der Waals surface area contributed by atoms with Crippen molar-refractivity contribution in [3.63, 3.8) is 0 Å². The van der Waals surface area contributed by atoms with Crippen LogP contribution in [0, 0.1) is 6.92 Å². The Morgan fingerprint density at radius 3 is 2.73 bits per heavy atom. The van der Waals surface area contributed by atoms with Gasteiger partial charge in [0.25, 0.3) is 0 Å². The molecular weight excluding hydrogens is 434 g/mol. The van der Waals surface area contributed by atoms with Gasteiger partial charge in [-0.15, -0.1) is 11.3 Å². The summed E-state index contributed by atoms with van der Waals surface area (Å²) in [6.45, 7) is 10.9. The molecule has 0 spiro atoms. The van der Waals surface area contributed by atoms with Gasteiger partial charge in [0.15, 0.2) is 6.10 Å². The average Bonchev–Trinajstić information content (AvgIpc) is 3.33. The summed E-state index contributed by atoms with van der Waals surface area (Å²) in [5.74, 6) is 0.598. The van der Waals surface area contributed by atoms with E-state index in [1.54, 1.807) is 11.3 Å². The van der Waals surface area contributed by atoms with Crippen molar-refractivity contribution in [1.82, 2.24) is 4.57 Å². The van der Waals surface area contributed by atoms with Crippen molar-refractivity contribution in [3.05, 3.63) is 52.5 Å². The molecule has 0 fully saturated rings. The fourth-order valence-electron chi connectivity index (χ4n) is 4.35. The monoisotopic (exact) mass is 467 g/mol. The maximum atomic E-state index is 13.2. The van der Waals surface area contributed by atoms with Gasteiger partial charge in [0.05, 0.1) is 29.4 Å². The molecule has 1 aliphatic heterocycles. The van der Waals surface area contributed by atoms with Crippen molar-refractivity contribution in [1.29, 1.82) is 0 Å². The number of hydrogen-bond donors (Lipinski definition) is 0. The number of benzene rings is 1. The van der Waals surface area contributed by atoms with Gasteiger partial charge in [-0.2, -0.15) is 0 Å². The highest BCUT2D eigenvalue weighted by Crippen LogP contribution is 2.48. The van der Waals surface area contributed by atoms with Crippen LogP contribution in [0.3, 0.4) is 0 Å². The fraction of sp³-hybridized carbons (Fsp3) is 0.444. The number of aryl methyl sites for hydroxylation is 3. The molecule has 0 bridgehead atoms. The number of thiophene rings is 1. The van der Waals surface area contributed by atoms with Crippen molar-refractivity contribution < 1.29 is 19.0 Å². The van der Waals surface area contributed by atoms with Gasteiger partial charge in [0.2, 0.25) is 0 Å². The average molecular weight is 468 g/mol. The molecule has 1 atom stereocenters. The van der Waals surface area contributed by atoms with E-state index in [9.17, 15) is 4.79 Å². The van der Waals surface area contributed by atoms with Crippen LogP contribution in [0.4, 0.5) is 0 Å². The zero-order valence-corrected chi connectivity index (χ0v) is 21.2. The van der Waals surface area contributed by atoms with E-state index in [0.717, 1.165) is 57.3 Å². The number of aromatic nitrogens is 1. The quantitative estimate of drug-likeness (QED) is 0.390. The van der Waals surface area contributed by atoms with E-state index in [1.165, 1.54) is 5.56 Å². The van der Waals surface area contributed by atoms with Crippen molar-refractivity contribution in [3.8, 4) is 27.4 Å². The molecular formula is C27H33NO4S. The minimum Gasteiger partial charge on any atom is -0.493 e. The molecule has 1 aliphatic rings. The standard InChI is InChI=1S/C27H33NO4S/c1-7-30-26(29)24(32-27(3,4)5)22-17(2)33-25(20-11-8-14-28(20)6)23(22)19-12-13-21-18(16-19)10-9-15-31-21/h8,11-14,16,24H,7,9-10,15H2,1-6H3. The lowest BCUT2D eigenvalue weighted by atomic mass is 9.92. The van der Waals surface area contributed by atoms with Gasteiger partial charge >= 0.3 is 5.97 Å². The van der Waals surface area contributed by atoms with Crippen LogP contribution in [0.15, 0.2) is 36.5 Å². The molecule has 1 aromatic carbocycles. The number of rotatable bonds is 6. The van der Waals surface area contributed by atoms with E-state index in [1.807, 2.05) is 47.0 Å². The van der Waals surface area contributed by atoms with Gasteiger partial charge in [-0.05, 0) is 82.9 Å². The third-order valence-electron chi connectivity index (χ3n) is 5.74. The van der Waals surface area contributed by atoms with Crippen molar-refractivity contribution in [2.24, 2.45) is 7.05 Å². The Bertz CT molecular complexity index is 1150. The first kappa shape index (κ1) is 23.6. The predicted octanol–water partition coefficient (Wildman–Crippen LogP) is 6.47. The summed E-state index contributed by atoms with van der Waals surface area (Å²) in [6.07, 6.45) is 3.23. The number of esters is 1. The number of fused-ring (bicyclic) bond motifs is 1. The second-order valence-electron chi connectivity index (χ2n) is 9.42. The van der Waals surface area contributed by atoms with E-state index in [2.05, 4.69) is 35.8 Å². The number of hydrogen-bond acceptors (Lipinski definition) is 5. The van der Waals surface area contributed by atoms with Crippen LogP contribution in [-0.2, 0) is 27.7 Å². The van der Waals surface area contributed by atoms with Gasteiger partial charge in [-0.1, -0.05) is 6.07 Å². The van der Waals surface area contributed by atoms with Crippen molar-refractivity contribution in [2.45, 2.75) is 59.2 Å². The Balaban J connectivity index is 1.96. The van der Waals surface area contributed by atoms with E-state index in [4.69, 9.17) is 14.2 Å². The third kappa shape index (κ3) is 4.87. The van der Waals surface area contributed by atoms with Gasteiger partial charge in [-0.3, -0.25) is 0 Å². The highest BCUT2D eigenvalue weighted by atomic mass is 32.1. The highest BCUT2D eigenvalue weighted by molar-refractivity contribution is 7.16.